The summed E-state index contributed by atoms with van der Waals surface area (Å²) in [6, 6.07) is 1.71. The molecule has 106 valence electrons. The summed E-state index contributed by atoms with van der Waals surface area (Å²) < 4.78 is 0. The molecular weight excluding hydrogens is 280 g/mol. The molecule has 0 fully saturated rings. The maximum absolute atomic E-state index is 12.3. The summed E-state index contributed by atoms with van der Waals surface area (Å²) in [5.41, 5.74) is 1.28. The second kappa shape index (κ2) is 6.05. The average molecular weight is 295 g/mol. The van der Waals surface area contributed by atoms with Gasteiger partial charge in [-0.2, -0.15) is 0 Å². The summed E-state index contributed by atoms with van der Waals surface area (Å²) in [5, 5.41) is 12.0. The molecule has 0 saturated heterocycles. The third kappa shape index (κ3) is 3.17. The molecular formula is C14H15ClN2O3. The van der Waals surface area contributed by atoms with E-state index in [1.165, 1.54) is 0 Å². The zero-order chi connectivity index (χ0) is 14.7. The van der Waals surface area contributed by atoms with Crippen LogP contribution in [0.3, 0.4) is 0 Å². The number of anilines is 1. The molecule has 1 aromatic heterocycles. The van der Waals surface area contributed by atoms with Crippen molar-refractivity contribution in [2.45, 2.75) is 19.8 Å². The Labute approximate surface area is 121 Å². The smallest absolute Gasteiger partial charge is 0.307 e. The van der Waals surface area contributed by atoms with E-state index in [4.69, 9.17) is 11.6 Å². The van der Waals surface area contributed by atoms with Gasteiger partial charge >= 0.3 is 5.97 Å². The van der Waals surface area contributed by atoms with Gasteiger partial charge < -0.3 is 10.4 Å². The summed E-state index contributed by atoms with van der Waals surface area (Å²) in [7, 11) is 0. The highest BCUT2D eigenvalue weighted by molar-refractivity contribution is 6.32. The van der Waals surface area contributed by atoms with Crippen molar-refractivity contribution < 1.29 is 14.7 Å². The van der Waals surface area contributed by atoms with Crippen LogP contribution < -0.4 is 5.32 Å². The summed E-state index contributed by atoms with van der Waals surface area (Å²) >= 11 is 5.92. The van der Waals surface area contributed by atoms with Crippen molar-refractivity contribution in [1.82, 2.24) is 4.98 Å². The lowest BCUT2D eigenvalue weighted by atomic mass is 9.82. The van der Waals surface area contributed by atoms with Crippen LogP contribution in [0, 0.1) is 18.8 Å². The number of aryl methyl sites for hydroxylation is 1. The minimum atomic E-state index is -0.956. The van der Waals surface area contributed by atoms with E-state index >= 15 is 0 Å². The molecule has 1 aromatic rings. The lowest BCUT2D eigenvalue weighted by Gasteiger charge is -2.24. The van der Waals surface area contributed by atoms with Crippen LogP contribution in [-0.2, 0) is 9.59 Å². The molecule has 2 atom stereocenters. The van der Waals surface area contributed by atoms with Gasteiger partial charge in [-0.3, -0.25) is 9.59 Å². The molecule has 0 aliphatic heterocycles. The molecule has 2 rings (SSSR count). The SMILES string of the molecule is Cc1cnc(Cl)c(NC(=O)[C@@H]2CC=CC[C@@H]2C(=O)O)c1. The fraction of sp³-hybridized carbons (Fsp3) is 0.357. The highest BCUT2D eigenvalue weighted by atomic mass is 35.5. The third-order valence-corrected chi connectivity index (χ3v) is 3.62. The molecule has 0 unspecified atom stereocenters. The standard InChI is InChI=1S/C14H15ClN2O3/c1-8-6-11(12(15)16-7-8)17-13(18)9-4-2-3-5-10(9)14(19)20/h2-3,6-7,9-10H,4-5H2,1H3,(H,17,18)(H,19,20)/t9-,10+/m1/s1. The first-order valence-corrected chi connectivity index (χ1v) is 6.67. The van der Waals surface area contributed by atoms with Gasteiger partial charge in [0.25, 0.3) is 0 Å². The third-order valence-electron chi connectivity index (χ3n) is 3.32. The van der Waals surface area contributed by atoms with E-state index < -0.39 is 17.8 Å². The Hall–Kier alpha value is -1.88. The van der Waals surface area contributed by atoms with Gasteiger partial charge in [0.1, 0.15) is 0 Å². The maximum atomic E-state index is 12.3. The van der Waals surface area contributed by atoms with E-state index in [2.05, 4.69) is 10.3 Å². The van der Waals surface area contributed by atoms with Gasteiger partial charge in [-0.15, -0.1) is 0 Å². The number of carbonyl (C=O) groups is 2. The van der Waals surface area contributed by atoms with Crippen LogP contribution in [0.25, 0.3) is 0 Å². The fourth-order valence-corrected chi connectivity index (χ4v) is 2.39. The van der Waals surface area contributed by atoms with Crippen molar-refractivity contribution in [3.05, 3.63) is 35.1 Å². The number of pyridine rings is 1. The van der Waals surface area contributed by atoms with Crippen molar-refractivity contribution in [3.8, 4) is 0 Å². The van der Waals surface area contributed by atoms with Gasteiger partial charge in [-0.05, 0) is 31.4 Å². The monoisotopic (exact) mass is 294 g/mol. The number of carboxylic acid groups (broad SMARTS) is 1. The second-order valence-electron chi connectivity index (χ2n) is 4.83. The Morgan fingerprint density at radius 3 is 2.65 bits per heavy atom. The Bertz CT molecular complexity index is 572. The van der Waals surface area contributed by atoms with Gasteiger partial charge in [0, 0.05) is 6.20 Å². The fourth-order valence-electron chi connectivity index (χ4n) is 2.24. The average Bonchev–Trinajstić information content (AvgIpc) is 2.42. The number of nitrogens with one attached hydrogen (secondary N) is 1. The number of hydrogen-bond acceptors (Lipinski definition) is 3. The van der Waals surface area contributed by atoms with Crippen molar-refractivity contribution >= 4 is 29.2 Å². The lowest BCUT2D eigenvalue weighted by molar-refractivity contribution is -0.146. The largest absolute Gasteiger partial charge is 0.481 e. The minimum Gasteiger partial charge on any atom is -0.481 e. The molecule has 1 aliphatic rings. The summed E-state index contributed by atoms with van der Waals surface area (Å²) in [5.74, 6) is -2.58. The molecule has 0 spiro atoms. The van der Waals surface area contributed by atoms with E-state index in [9.17, 15) is 14.7 Å². The number of rotatable bonds is 3. The zero-order valence-electron chi connectivity index (χ0n) is 11.0. The number of aromatic nitrogens is 1. The van der Waals surface area contributed by atoms with Crippen LogP contribution in [0.15, 0.2) is 24.4 Å². The summed E-state index contributed by atoms with van der Waals surface area (Å²) in [6.07, 6.45) is 6.01. The Balaban J connectivity index is 2.16. The maximum Gasteiger partial charge on any atom is 0.307 e. The first-order chi connectivity index (χ1) is 9.49. The number of allylic oxidation sites excluding steroid dienone is 2. The molecule has 0 radical (unpaired) electrons. The highest BCUT2D eigenvalue weighted by Gasteiger charge is 2.34. The molecule has 1 aliphatic carbocycles. The van der Waals surface area contributed by atoms with Crippen LogP contribution >= 0.6 is 11.6 Å². The number of carboxylic acids is 1. The van der Waals surface area contributed by atoms with E-state index in [-0.39, 0.29) is 11.1 Å². The molecule has 20 heavy (non-hydrogen) atoms. The van der Waals surface area contributed by atoms with Crippen molar-refractivity contribution in [3.63, 3.8) is 0 Å². The quantitative estimate of drug-likeness (QED) is 0.663. The van der Waals surface area contributed by atoms with E-state index in [0.29, 0.717) is 18.5 Å². The van der Waals surface area contributed by atoms with Gasteiger partial charge in [0.15, 0.2) is 5.15 Å². The molecule has 6 heteroatoms. The highest BCUT2D eigenvalue weighted by Crippen LogP contribution is 2.28. The van der Waals surface area contributed by atoms with E-state index in [0.717, 1.165) is 5.56 Å². The van der Waals surface area contributed by atoms with Gasteiger partial charge in [0.2, 0.25) is 5.91 Å². The molecule has 5 nitrogen and oxygen atoms in total. The van der Waals surface area contributed by atoms with Crippen LogP contribution in [0.1, 0.15) is 18.4 Å². The van der Waals surface area contributed by atoms with Gasteiger partial charge in [-0.1, -0.05) is 23.8 Å². The van der Waals surface area contributed by atoms with E-state index in [1.807, 2.05) is 13.0 Å². The molecule has 1 amide bonds. The molecule has 0 aromatic carbocycles. The minimum absolute atomic E-state index is 0.196. The lowest BCUT2D eigenvalue weighted by Crippen LogP contribution is -2.34. The number of halogens is 1. The van der Waals surface area contributed by atoms with E-state index in [1.54, 1.807) is 18.3 Å². The summed E-state index contributed by atoms with van der Waals surface area (Å²) in [6.45, 7) is 1.84. The van der Waals surface area contributed by atoms with Crippen molar-refractivity contribution in [2.75, 3.05) is 5.32 Å². The Morgan fingerprint density at radius 1 is 1.35 bits per heavy atom. The molecule has 2 N–H and O–H groups in total. The topological polar surface area (TPSA) is 79.3 Å². The second-order valence-corrected chi connectivity index (χ2v) is 5.19. The van der Waals surface area contributed by atoms with Crippen LogP contribution in [-0.4, -0.2) is 22.0 Å². The van der Waals surface area contributed by atoms with Crippen molar-refractivity contribution in [1.29, 1.82) is 0 Å². The Kier molecular flexibility index (Phi) is 4.39. The predicted octanol–water partition coefficient (Wildman–Crippen LogP) is 2.65. The van der Waals surface area contributed by atoms with Crippen LogP contribution in [0.4, 0.5) is 5.69 Å². The summed E-state index contributed by atoms with van der Waals surface area (Å²) in [4.78, 5) is 27.4. The Morgan fingerprint density at radius 2 is 2.00 bits per heavy atom. The first-order valence-electron chi connectivity index (χ1n) is 6.30. The number of carbonyl (C=O) groups excluding carboxylic acids is 1. The predicted molar refractivity (Wildman–Crippen MR) is 75.6 cm³/mol. The molecule has 0 saturated carbocycles. The van der Waals surface area contributed by atoms with Gasteiger partial charge in [-0.25, -0.2) is 4.98 Å². The number of amides is 1. The number of aliphatic carboxylic acids is 1. The first kappa shape index (κ1) is 14.5. The number of hydrogen-bond donors (Lipinski definition) is 2. The molecule has 0 bridgehead atoms. The molecule has 1 heterocycles. The number of nitrogens with zero attached hydrogens (tertiary/aromatic N) is 1. The normalized spacial score (nSPS) is 21.5. The zero-order valence-corrected chi connectivity index (χ0v) is 11.7. The van der Waals surface area contributed by atoms with Crippen LogP contribution in [0.5, 0.6) is 0 Å². The van der Waals surface area contributed by atoms with Crippen molar-refractivity contribution in [2.24, 2.45) is 11.8 Å². The van der Waals surface area contributed by atoms with Crippen LogP contribution in [0.2, 0.25) is 5.15 Å². The van der Waals surface area contributed by atoms with Gasteiger partial charge in [0.05, 0.1) is 17.5 Å².